The van der Waals surface area contributed by atoms with Crippen molar-refractivity contribution in [3.8, 4) is 0 Å². The minimum atomic E-state index is 0.0263. The lowest BCUT2D eigenvalue weighted by Gasteiger charge is -2.28. The summed E-state index contributed by atoms with van der Waals surface area (Å²) in [4.78, 5) is 5.29. The molecule has 2 aliphatic heterocycles. The summed E-state index contributed by atoms with van der Waals surface area (Å²) in [6.45, 7) is 4.40. The van der Waals surface area contributed by atoms with E-state index >= 15 is 0 Å². The molecule has 2 fully saturated rings. The lowest BCUT2D eigenvalue weighted by molar-refractivity contribution is 0.0329. The van der Waals surface area contributed by atoms with Gasteiger partial charge in [0.2, 0.25) is 0 Å². The zero-order valence-corrected chi connectivity index (χ0v) is 12.8. The molecular formula is C14H22ClN5O. The summed E-state index contributed by atoms with van der Waals surface area (Å²) in [5, 5.41) is 13.4. The maximum atomic E-state index is 5.97. The van der Waals surface area contributed by atoms with Gasteiger partial charge in [-0.25, -0.2) is 0 Å². The quantitative estimate of drug-likeness (QED) is 0.408. The van der Waals surface area contributed by atoms with Crippen LogP contribution in [-0.2, 0) is 11.4 Å². The average molecular weight is 312 g/mol. The van der Waals surface area contributed by atoms with Crippen LogP contribution in [0.25, 0.3) is 0 Å². The van der Waals surface area contributed by atoms with Crippen molar-refractivity contribution in [2.75, 3.05) is 13.1 Å². The summed E-state index contributed by atoms with van der Waals surface area (Å²) >= 11 is 5.97. The number of hydrogen-bond acceptors (Lipinski definition) is 6. The van der Waals surface area contributed by atoms with Crippen LogP contribution in [0.3, 0.4) is 0 Å². The molecule has 0 amide bonds. The lowest BCUT2D eigenvalue weighted by atomic mass is 10.1. The van der Waals surface area contributed by atoms with Gasteiger partial charge in [0.15, 0.2) is 0 Å². The number of rotatable bonds is 4. The third-order valence-electron chi connectivity index (χ3n) is 3.72. The Morgan fingerprint density at radius 3 is 2.67 bits per heavy atom. The lowest BCUT2D eigenvalue weighted by Crippen LogP contribution is -2.57. The molecule has 0 aromatic heterocycles. The minimum Gasteiger partial charge on any atom is -0.298 e. The van der Waals surface area contributed by atoms with Crippen LogP contribution in [0.5, 0.6) is 0 Å². The van der Waals surface area contributed by atoms with Crippen molar-refractivity contribution in [1.82, 2.24) is 26.7 Å². The van der Waals surface area contributed by atoms with Crippen LogP contribution in [-0.4, -0.2) is 31.0 Å². The molecule has 21 heavy (non-hydrogen) atoms. The highest BCUT2D eigenvalue weighted by Crippen LogP contribution is 2.16. The van der Waals surface area contributed by atoms with Gasteiger partial charge in [-0.05, 0) is 18.1 Å². The fourth-order valence-corrected chi connectivity index (χ4v) is 2.66. The van der Waals surface area contributed by atoms with Gasteiger partial charge >= 0.3 is 0 Å². The number of hydroxylamine groups is 1. The van der Waals surface area contributed by atoms with Gasteiger partial charge in [0.25, 0.3) is 0 Å². The van der Waals surface area contributed by atoms with Crippen molar-refractivity contribution in [3.63, 3.8) is 0 Å². The molecule has 2 aliphatic rings. The van der Waals surface area contributed by atoms with Gasteiger partial charge in [0, 0.05) is 19.6 Å². The molecule has 0 aliphatic carbocycles. The van der Waals surface area contributed by atoms with Crippen molar-refractivity contribution >= 4 is 11.6 Å². The number of nitrogens with one attached hydrogen (secondary N) is 5. The number of alkyl halides is 1. The van der Waals surface area contributed by atoms with Crippen molar-refractivity contribution in [2.24, 2.45) is 0 Å². The molecule has 2 saturated heterocycles. The first kappa shape index (κ1) is 15.2. The maximum Gasteiger partial charge on any atom is 0.128 e. The van der Waals surface area contributed by atoms with Crippen LogP contribution in [0, 0.1) is 0 Å². The molecule has 0 spiro atoms. The SMILES string of the molecule is CC1NC(c2ccc(CNC3CNC(Cl)CN3)cc2)NO1. The molecule has 116 valence electrons. The smallest absolute Gasteiger partial charge is 0.128 e. The van der Waals surface area contributed by atoms with E-state index in [4.69, 9.17) is 16.4 Å². The molecule has 4 unspecified atom stereocenters. The summed E-state index contributed by atoms with van der Waals surface area (Å²) in [6.07, 6.45) is 0.353. The number of hydrogen-bond donors (Lipinski definition) is 5. The molecule has 1 aromatic carbocycles. The fraction of sp³-hybridized carbons (Fsp3) is 0.571. The highest BCUT2D eigenvalue weighted by molar-refractivity contribution is 6.20. The Hall–Kier alpha value is -0.730. The van der Waals surface area contributed by atoms with E-state index in [1.165, 1.54) is 11.1 Å². The third kappa shape index (κ3) is 4.14. The summed E-state index contributed by atoms with van der Waals surface area (Å²) < 4.78 is 0. The van der Waals surface area contributed by atoms with Gasteiger partial charge in [-0.1, -0.05) is 24.3 Å². The first-order valence-corrected chi connectivity index (χ1v) is 7.74. The molecule has 0 radical (unpaired) electrons. The van der Waals surface area contributed by atoms with Crippen molar-refractivity contribution in [2.45, 2.75) is 37.5 Å². The molecule has 7 heteroatoms. The van der Waals surface area contributed by atoms with E-state index in [-0.39, 0.29) is 24.1 Å². The molecule has 4 atom stereocenters. The Bertz CT molecular complexity index is 449. The zero-order valence-electron chi connectivity index (χ0n) is 12.0. The normalized spacial score (nSPS) is 33.2. The van der Waals surface area contributed by atoms with E-state index in [1.54, 1.807) is 0 Å². The highest BCUT2D eigenvalue weighted by atomic mass is 35.5. The van der Waals surface area contributed by atoms with Crippen LogP contribution in [0.4, 0.5) is 0 Å². The fourth-order valence-electron chi connectivity index (χ4n) is 2.49. The Morgan fingerprint density at radius 1 is 1.24 bits per heavy atom. The molecule has 2 heterocycles. The summed E-state index contributed by atoms with van der Waals surface area (Å²) in [6, 6.07) is 8.50. The van der Waals surface area contributed by atoms with E-state index in [0.717, 1.165) is 19.6 Å². The summed E-state index contributed by atoms with van der Waals surface area (Å²) in [5.74, 6) is 0. The first-order chi connectivity index (χ1) is 10.2. The Morgan fingerprint density at radius 2 is 2.05 bits per heavy atom. The maximum absolute atomic E-state index is 5.97. The highest BCUT2D eigenvalue weighted by Gasteiger charge is 2.21. The van der Waals surface area contributed by atoms with Crippen LogP contribution in [0.1, 0.15) is 24.2 Å². The predicted molar refractivity (Wildman–Crippen MR) is 82.3 cm³/mol. The molecule has 5 N–H and O–H groups in total. The van der Waals surface area contributed by atoms with Crippen LogP contribution in [0.2, 0.25) is 0 Å². The van der Waals surface area contributed by atoms with Gasteiger partial charge in [-0.15, -0.1) is 11.6 Å². The molecule has 1 aromatic rings. The second kappa shape index (κ2) is 7.02. The van der Waals surface area contributed by atoms with E-state index in [2.05, 4.69) is 51.0 Å². The Balaban J connectivity index is 1.48. The topological polar surface area (TPSA) is 69.4 Å². The van der Waals surface area contributed by atoms with E-state index in [0.29, 0.717) is 0 Å². The molecule has 0 bridgehead atoms. The van der Waals surface area contributed by atoms with Crippen molar-refractivity contribution < 1.29 is 4.84 Å². The van der Waals surface area contributed by atoms with Crippen LogP contribution >= 0.6 is 11.6 Å². The van der Waals surface area contributed by atoms with Gasteiger partial charge in [0.1, 0.15) is 12.4 Å². The van der Waals surface area contributed by atoms with E-state index < -0.39 is 0 Å². The Labute approximate surface area is 129 Å². The second-order valence-corrected chi connectivity index (χ2v) is 5.96. The van der Waals surface area contributed by atoms with Gasteiger partial charge in [-0.3, -0.25) is 26.1 Å². The van der Waals surface area contributed by atoms with Crippen molar-refractivity contribution in [1.29, 1.82) is 0 Å². The van der Waals surface area contributed by atoms with E-state index in [1.807, 2.05) is 6.92 Å². The molecular weight excluding hydrogens is 290 g/mol. The number of benzene rings is 1. The molecule has 6 nitrogen and oxygen atoms in total. The predicted octanol–water partition coefficient (Wildman–Crippen LogP) is 0.329. The Kier molecular flexibility index (Phi) is 5.07. The third-order valence-corrected chi connectivity index (χ3v) is 4.03. The second-order valence-electron chi connectivity index (χ2n) is 5.44. The molecule has 3 rings (SSSR count). The van der Waals surface area contributed by atoms with Crippen molar-refractivity contribution in [3.05, 3.63) is 35.4 Å². The first-order valence-electron chi connectivity index (χ1n) is 7.31. The van der Waals surface area contributed by atoms with Crippen LogP contribution < -0.4 is 26.7 Å². The van der Waals surface area contributed by atoms with Gasteiger partial charge < -0.3 is 0 Å². The monoisotopic (exact) mass is 311 g/mol. The summed E-state index contributed by atoms with van der Waals surface area (Å²) in [5.41, 5.74) is 5.42. The molecule has 0 saturated carbocycles. The standard InChI is InChI=1S/C14H22ClN5O/c1-9-19-14(20-21-9)11-4-2-10(3-5-11)6-17-13-8-16-12(15)7-18-13/h2-5,9,12-14,16-20H,6-8H2,1H3. The summed E-state index contributed by atoms with van der Waals surface area (Å²) in [7, 11) is 0. The average Bonchev–Trinajstić information content (AvgIpc) is 2.94. The number of halogens is 1. The van der Waals surface area contributed by atoms with Gasteiger partial charge in [0.05, 0.1) is 11.7 Å². The zero-order chi connectivity index (χ0) is 14.7. The largest absolute Gasteiger partial charge is 0.298 e. The van der Waals surface area contributed by atoms with Gasteiger partial charge in [-0.2, -0.15) is 5.48 Å². The number of piperazine rings is 1. The van der Waals surface area contributed by atoms with Crippen LogP contribution in [0.15, 0.2) is 24.3 Å². The minimum absolute atomic E-state index is 0.0263. The van der Waals surface area contributed by atoms with E-state index in [9.17, 15) is 0 Å².